The van der Waals surface area contributed by atoms with Crippen molar-refractivity contribution in [1.29, 1.82) is 0 Å². The van der Waals surface area contributed by atoms with Crippen molar-refractivity contribution < 1.29 is 13.9 Å². The lowest BCUT2D eigenvalue weighted by Gasteiger charge is -2.11. The number of ether oxygens (including phenoxy) is 2. The van der Waals surface area contributed by atoms with E-state index in [1.165, 1.54) is 17.8 Å². The van der Waals surface area contributed by atoms with Crippen LogP contribution < -0.4 is 9.47 Å². The van der Waals surface area contributed by atoms with E-state index in [2.05, 4.69) is 10.2 Å². The summed E-state index contributed by atoms with van der Waals surface area (Å²) in [5, 5.41) is 9.45. The minimum absolute atomic E-state index is 0.198. The standard InChI is InChI=1S/C20H20FN3O2S/c1-2-24-19(14-8-9-17-18(12-14)26-11-5-10-25-17)22-23-20(24)27-13-15-6-3-4-7-16(15)21/h3-4,6-9,12H,2,5,10-11,13H2,1H3. The molecule has 1 aliphatic rings. The molecule has 0 aliphatic carbocycles. The van der Waals surface area contributed by atoms with Crippen molar-refractivity contribution >= 4 is 11.8 Å². The molecule has 0 amide bonds. The van der Waals surface area contributed by atoms with Crippen LogP contribution in [0.4, 0.5) is 4.39 Å². The molecule has 0 saturated carbocycles. The largest absolute Gasteiger partial charge is 0.490 e. The van der Waals surface area contributed by atoms with Crippen LogP contribution in [0.15, 0.2) is 47.6 Å². The molecule has 1 aliphatic heterocycles. The monoisotopic (exact) mass is 385 g/mol. The van der Waals surface area contributed by atoms with Crippen LogP contribution in [0.3, 0.4) is 0 Å². The average molecular weight is 385 g/mol. The molecule has 140 valence electrons. The van der Waals surface area contributed by atoms with E-state index in [0.29, 0.717) is 24.5 Å². The van der Waals surface area contributed by atoms with Gasteiger partial charge in [-0.25, -0.2) is 4.39 Å². The number of thioether (sulfide) groups is 1. The molecule has 0 saturated heterocycles. The van der Waals surface area contributed by atoms with Gasteiger partial charge < -0.3 is 14.0 Å². The number of rotatable bonds is 5. The van der Waals surface area contributed by atoms with Crippen molar-refractivity contribution in [3.63, 3.8) is 0 Å². The van der Waals surface area contributed by atoms with E-state index in [4.69, 9.17) is 9.47 Å². The van der Waals surface area contributed by atoms with E-state index in [0.717, 1.165) is 41.0 Å². The number of hydrogen-bond donors (Lipinski definition) is 0. The predicted molar refractivity (Wildman–Crippen MR) is 103 cm³/mol. The Balaban J connectivity index is 1.59. The Kier molecular flexibility index (Phi) is 5.29. The molecule has 5 nitrogen and oxygen atoms in total. The number of hydrogen-bond acceptors (Lipinski definition) is 5. The zero-order valence-electron chi connectivity index (χ0n) is 15.0. The number of aromatic nitrogens is 3. The highest BCUT2D eigenvalue weighted by Gasteiger charge is 2.17. The predicted octanol–water partition coefficient (Wildman–Crippen LogP) is 4.56. The topological polar surface area (TPSA) is 49.2 Å². The average Bonchev–Trinajstić information content (AvgIpc) is 2.95. The summed E-state index contributed by atoms with van der Waals surface area (Å²) < 4.78 is 27.4. The second-order valence-corrected chi connectivity index (χ2v) is 7.09. The fraction of sp³-hybridized carbons (Fsp3) is 0.300. The Morgan fingerprint density at radius 3 is 2.70 bits per heavy atom. The van der Waals surface area contributed by atoms with Crippen LogP contribution in [-0.2, 0) is 12.3 Å². The molecule has 2 heterocycles. The van der Waals surface area contributed by atoms with Gasteiger partial charge in [-0.3, -0.25) is 0 Å². The van der Waals surface area contributed by atoms with Gasteiger partial charge in [0, 0.05) is 24.3 Å². The van der Waals surface area contributed by atoms with Crippen molar-refractivity contribution in [3.8, 4) is 22.9 Å². The van der Waals surface area contributed by atoms with E-state index >= 15 is 0 Å². The van der Waals surface area contributed by atoms with Crippen LogP contribution in [0.2, 0.25) is 0 Å². The number of halogens is 1. The van der Waals surface area contributed by atoms with E-state index in [9.17, 15) is 4.39 Å². The Labute approximate surface area is 161 Å². The van der Waals surface area contributed by atoms with Gasteiger partial charge in [0.05, 0.1) is 13.2 Å². The summed E-state index contributed by atoms with van der Waals surface area (Å²) in [5.41, 5.74) is 1.58. The molecule has 0 fully saturated rings. The number of fused-ring (bicyclic) bond motifs is 1. The summed E-state index contributed by atoms with van der Waals surface area (Å²) in [6, 6.07) is 12.6. The molecule has 1 aromatic heterocycles. The first-order valence-corrected chi connectivity index (χ1v) is 9.94. The third kappa shape index (κ3) is 3.78. The fourth-order valence-corrected chi connectivity index (χ4v) is 3.94. The molecule has 0 unspecified atom stereocenters. The Bertz CT molecular complexity index is 945. The summed E-state index contributed by atoms with van der Waals surface area (Å²) in [6.07, 6.45) is 0.867. The summed E-state index contributed by atoms with van der Waals surface area (Å²) in [5.74, 6) is 2.57. The molecular formula is C20H20FN3O2S. The van der Waals surface area contributed by atoms with Gasteiger partial charge in [0.15, 0.2) is 22.5 Å². The first kappa shape index (κ1) is 17.9. The molecule has 0 radical (unpaired) electrons. The lowest BCUT2D eigenvalue weighted by Crippen LogP contribution is -2.01. The van der Waals surface area contributed by atoms with Crippen molar-refractivity contribution in [3.05, 3.63) is 53.8 Å². The molecule has 0 N–H and O–H groups in total. The van der Waals surface area contributed by atoms with Crippen LogP contribution in [-0.4, -0.2) is 28.0 Å². The van der Waals surface area contributed by atoms with Gasteiger partial charge >= 0.3 is 0 Å². The second kappa shape index (κ2) is 8.00. The van der Waals surface area contributed by atoms with Gasteiger partial charge in [0.2, 0.25) is 0 Å². The third-order valence-electron chi connectivity index (χ3n) is 4.35. The number of benzene rings is 2. The zero-order chi connectivity index (χ0) is 18.6. The molecule has 27 heavy (non-hydrogen) atoms. The lowest BCUT2D eigenvalue weighted by atomic mass is 10.2. The molecule has 2 aromatic carbocycles. The maximum absolute atomic E-state index is 13.9. The van der Waals surface area contributed by atoms with Crippen molar-refractivity contribution in [2.75, 3.05) is 13.2 Å². The Morgan fingerprint density at radius 2 is 1.89 bits per heavy atom. The van der Waals surface area contributed by atoms with Gasteiger partial charge in [0.1, 0.15) is 5.82 Å². The van der Waals surface area contributed by atoms with Crippen molar-refractivity contribution in [1.82, 2.24) is 14.8 Å². The third-order valence-corrected chi connectivity index (χ3v) is 5.37. The quantitative estimate of drug-likeness (QED) is 0.603. The summed E-state index contributed by atoms with van der Waals surface area (Å²) in [7, 11) is 0. The van der Waals surface area contributed by atoms with Gasteiger partial charge in [-0.15, -0.1) is 10.2 Å². The van der Waals surface area contributed by atoms with Crippen molar-refractivity contribution in [2.45, 2.75) is 30.8 Å². The van der Waals surface area contributed by atoms with Gasteiger partial charge in [-0.05, 0) is 36.8 Å². The molecule has 7 heteroatoms. The number of nitrogens with zero attached hydrogens (tertiary/aromatic N) is 3. The van der Waals surface area contributed by atoms with E-state index in [1.54, 1.807) is 12.1 Å². The highest BCUT2D eigenvalue weighted by Crippen LogP contribution is 2.35. The van der Waals surface area contributed by atoms with E-state index in [-0.39, 0.29) is 5.82 Å². The normalized spacial score (nSPS) is 13.4. The minimum atomic E-state index is -0.198. The first-order valence-electron chi connectivity index (χ1n) is 8.95. The van der Waals surface area contributed by atoms with Gasteiger partial charge in [0.25, 0.3) is 0 Å². The fourth-order valence-electron chi connectivity index (χ4n) is 2.95. The molecule has 0 spiro atoms. The summed E-state index contributed by atoms with van der Waals surface area (Å²) >= 11 is 1.48. The molecular weight excluding hydrogens is 365 g/mol. The Morgan fingerprint density at radius 1 is 1.07 bits per heavy atom. The van der Waals surface area contributed by atoms with Crippen LogP contribution in [0.1, 0.15) is 18.9 Å². The zero-order valence-corrected chi connectivity index (χ0v) is 15.8. The van der Waals surface area contributed by atoms with Crippen LogP contribution in [0.5, 0.6) is 11.5 Å². The van der Waals surface area contributed by atoms with Crippen LogP contribution in [0.25, 0.3) is 11.4 Å². The Hall–Kier alpha value is -2.54. The maximum Gasteiger partial charge on any atom is 0.191 e. The lowest BCUT2D eigenvalue weighted by molar-refractivity contribution is 0.297. The van der Waals surface area contributed by atoms with E-state index < -0.39 is 0 Å². The summed E-state index contributed by atoms with van der Waals surface area (Å²) in [4.78, 5) is 0. The van der Waals surface area contributed by atoms with Gasteiger partial charge in [-0.2, -0.15) is 0 Å². The molecule has 4 rings (SSSR count). The highest BCUT2D eigenvalue weighted by atomic mass is 32.2. The summed E-state index contributed by atoms with van der Waals surface area (Å²) in [6.45, 7) is 4.06. The smallest absolute Gasteiger partial charge is 0.191 e. The molecule has 0 atom stereocenters. The highest BCUT2D eigenvalue weighted by molar-refractivity contribution is 7.98. The second-order valence-electron chi connectivity index (χ2n) is 6.14. The molecule has 3 aromatic rings. The first-order chi connectivity index (χ1) is 13.3. The van der Waals surface area contributed by atoms with Crippen LogP contribution >= 0.6 is 11.8 Å². The molecule has 0 bridgehead atoms. The van der Waals surface area contributed by atoms with Gasteiger partial charge in [-0.1, -0.05) is 30.0 Å². The SMILES string of the molecule is CCn1c(SCc2ccccc2F)nnc1-c1ccc2c(c1)OCCCO2. The maximum atomic E-state index is 13.9. The minimum Gasteiger partial charge on any atom is -0.490 e. The van der Waals surface area contributed by atoms with Crippen LogP contribution in [0, 0.1) is 5.82 Å². The van der Waals surface area contributed by atoms with Crippen molar-refractivity contribution in [2.24, 2.45) is 0 Å². The van der Waals surface area contributed by atoms with E-state index in [1.807, 2.05) is 35.8 Å².